The molecule has 0 unspecified atom stereocenters. The third-order valence-corrected chi connectivity index (χ3v) is 4.42. The summed E-state index contributed by atoms with van der Waals surface area (Å²) in [6.07, 6.45) is 1.46. The van der Waals surface area contributed by atoms with Gasteiger partial charge in [-0.25, -0.2) is 10.1 Å². The van der Waals surface area contributed by atoms with Crippen LogP contribution in [0.15, 0.2) is 58.3 Å². The number of methoxy groups -OCH3 is 2. The van der Waals surface area contributed by atoms with E-state index in [1.807, 2.05) is 18.2 Å². The van der Waals surface area contributed by atoms with Crippen LogP contribution in [0.25, 0.3) is 17.1 Å². The molecule has 162 valence electrons. The Kier molecular flexibility index (Phi) is 5.74. The Balaban J connectivity index is 1.62. The van der Waals surface area contributed by atoms with Gasteiger partial charge in [0.2, 0.25) is 11.6 Å². The molecule has 3 N–H and O–H groups in total. The van der Waals surface area contributed by atoms with Crippen molar-refractivity contribution in [2.75, 3.05) is 20.0 Å². The van der Waals surface area contributed by atoms with Gasteiger partial charge in [0, 0.05) is 5.56 Å². The van der Waals surface area contributed by atoms with E-state index in [0.717, 1.165) is 0 Å². The molecule has 0 saturated carbocycles. The Hall–Kier alpha value is -4.74. The number of carbonyl (C=O) groups excluding carboxylic acids is 1. The van der Waals surface area contributed by atoms with E-state index >= 15 is 0 Å². The van der Waals surface area contributed by atoms with Crippen LogP contribution in [0.5, 0.6) is 11.5 Å². The lowest BCUT2D eigenvalue weighted by Gasteiger charge is -2.07. The van der Waals surface area contributed by atoms with E-state index in [-0.39, 0.29) is 17.3 Å². The molecule has 2 aromatic carbocycles. The molecule has 12 nitrogen and oxygen atoms in total. The summed E-state index contributed by atoms with van der Waals surface area (Å²) in [6.45, 7) is 0. The van der Waals surface area contributed by atoms with Gasteiger partial charge in [0.1, 0.15) is 5.69 Å². The van der Waals surface area contributed by atoms with Gasteiger partial charge >= 0.3 is 0 Å². The fourth-order valence-electron chi connectivity index (χ4n) is 2.93. The highest BCUT2D eigenvalue weighted by Crippen LogP contribution is 2.27. The number of anilines is 1. The average Bonchev–Trinajstić information content (AvgIpc) is 3.45. The summed E-state index contributed by atoms with van der Waals surface area (Å²) in [4.78, 5) is 12.8. The Morgan fingerprint density at radius 1 is 1.12 bits per heavy atom. The summed E-state index contributed by atoms with van der Waals surface area (Å²) < 4.78 is 16.4. The fraction of sp³-hybridized carbons (Fsp3) is 0.100. The quantitative estimate of drug-likeness (QED) is 0.326. The Morgan fingerprint density at radius 3 is 2.59 bits per heavy atom. The number of rotatable bonds is 7. The molecule has 0 spiro atoms. The van der Waals surface area contributed by atoms with Crippen LogP contribution in [-0.2, 0) is 0 Å². The molecule has 0 saturated heterocycles. The van der Waals surface area contributed by atoms with Gasteiger partial charge in [0.25, 0.3) is 5.91 Å². The molecule has 0 bridgehead atoms. The topological polar surface area (TPSA) is 156 Å². The van der Waals surface area contributed by atoms with Crippen LogP contribution in [0.3, 0.4) is 0 Å². The average molecular weight is 434 g/mol. The minimum absolute atomic E-state index is 0.00510. The number of nitrogen functional groups attached to an aromatic ring is 1. The predicted octanol–water partition coefficient (Wildman–Crippen LogP) is 1.68. The number of aromatic nitrogens is 5. The van der Waals surface area contributed by atoms with E-state index in [1.165, 1.54) is 18.0 Å². The first-order valence-corrected chi connectivity index (χ1v) is 9.27. The summed E-state index contributed by atoms with van der Waals surface area (Å²) in [5, 5.41) is 19.3. The van der Waals surface area contributed by atoms with Crippen LogP contribution >= 0.6 is 0 Å². The minimum Gasteiger partial charge on any atom is -0.493 e. The molecule has 0 atom stereocenters. The summed E-state index contributed by atoms with van der Waals surface area (Å²) in [6, 6.07) is 14.3. The zero-order valence-corrected chi connectivity index (χ0v) is 17.1. The van der Waals surface area contributed by atoms with Crippen LogP contribution in [-0.4, -0.2) is 51.6 Å². The lowest BCUT2D eigenvalue weighted by Crippen LogP contribution is -2.19. The fourth-order valence-corrected chi connectivity index (χ4v) is 2.93. The molecule has 4 rings (SSSR count). The van der Waals surface area contributed by atoms with E-state index in [9.17, 15) is 4.79 Å². The second kappa shape index (κ2) is 8.95. The van der Waals surface area contributed by atoms with Gasteiger partial charge < -0.3 is 15.2 Å². The normalized spacial score (nSPS) is 10.9. The first kappa shape index (κ1) is 20.5. The van der Waals surface area contributed by atoms with E-state index in [1.54, 1.807) is 37.4 Å². The highest BCUT2D eigenvalue weighted by Gasteiger charge is 2.24. The van der Waals surface area contributed by atoms with Crippen LogP contribution in [0.1, 0.15) is 16.1 Å². The lowest BCUT2D eigenvalue weighted by atomic mass is 10.1. The van der Waals surface area contributed by atoms with Crippen molar-refractivity contribution in [3.05, 3.63) is 59.8 Å². The van der Waals surface area contributed by atoms with Gasteiger partial charge in [-0.05, 0) is 34.1 Å². The van der Waals surface area contributed by atoms with Gasteiger partial charge in [0.05, 0.1) is 20.4 Å². The van der Waals surface area contributed by atoms with Crippen LogP contribution < -0.4 is 20.6 Å². The van der Waals surface area contributed by atoms with Crippen molar-refractivity contribution in [2.45, 2.75) is 0 Å². The first-order valence-electron chi connectivity index (χ1n) is 9.27. The Bertz CT molecular complexity index is 1270. The molecule has 0 fully saturated rings. The van der Waals surface area contributed by atoms with Gasteiger partial charge in [-0.15, -0.1) is 5.10 Å². The van der Waals surface area contributed by atoms with Gasteiger partial charge in [0.15, 0.2) is 17.2 Å². The largest absolute Gasteiger partial charge is 0.493 e. The minimum atomic E-state index is -0.582. The number of nitrogens with one attached hydrogen (secondary N) is 1. The maximum atomic E-state index is 12.8. The van der Waals surface area contributed by atoms with E-state index in [0.29, 0.717) is 28.3 Å². The summed E-state index contributed by atoms with van der Waals surface area (Å²) >= 11 is 0. The third-order valence-electron chi connectivity index (χ3n) is 4.42. The number of hydrazone groups is 1. The van der Waals surface area contributed by atoms with Crippen molar-refractivity contribution >= 4 is 17.9 Å². The number of nitrogens with two attached hydrogens (primary N) is 1. The zero-order valence-electron chi connectivity index (χ0n) is 17.1. The molecule has 0 aliphatic rings. The zero-order chi connectivity index (χ0) is 22.5. The predicted molar refractivity (Wildman–Crippen MR) is 114 cm³/mol. The third kappa shape index (κ3) is 3.96. The standard InChI is InChI=1S/C20H18N8O4/c1-30-14-9-8-12(10-15(14)31-2)11-22-24-20(29)16-17(13-6-4-3-5-7-13)28(27-23-16)19-18(21)25-32-26-19/h3-11H,1-2H3,(H2,21,25)(H,24,29)/b22-11+. The molecule has 0 aliphatic carbocycles. The Labute approximate surface area is 181 Å². The van der Waals surface area contributed by atoms with Gasteiger partial charge in [-0.2, -0.15) is 9.78 Å². The molecule has 0 aliphatic heterocycles. The molecular formula is C20H18N8O4. The van der Waals surface area contributed by atoms with Crippen molar-refractivity contribution in [3.63, 3.8) is 0 Å². The van der Waals surface area contributed by atoms with Crippen LogP contribution in [0.2, 0.25) is 0 Å². The molecule has 2 heterocycles. The smallest absolute Gasteiger partial charge is 0.294 e. The summed E-state index contributed by atoms with van der Waals surface area (Å²) in [5.41, 5.74) is 9.97. The Morgan fingerprint density at radius 2 is 1.91 bits per heavy atom. The van der Waals surface area contributed by atoms with E-state index < -0.39 is 5.91 Å². The summed E-state index contributed by atoms with van der Waals surface area (Å²) in [5.74, 6) is 0.659. The molecule has 12 heteroatoms. The number of amides is 1. The van der Waals surface area contributed by atoms with Crippen molar-refractivity contribution in [3.8, 4) is 28.6 Å². The van der Waals surface area contributed by atoms with Gasteiger partial charge in [-0.1, -0.05) is 35.5 Å². The molecule has 1 amide bonds. The lowest BCUT2D eigenvalue weighted by molar-refractivity contribution is 0.0950. The van der Waals surface area contributed by atoms with E-state index in [4.69, 9.17) is 15.2 Å². The van der Waals surface area contributed by atoms with Gasteiger partial charge in [-0.3, -0.25) is 4.79 Å². The number of nitrogens with zero attached hydrogens (tertiary/aromatic N) is 6. The van der Waals surface area contributed by atoms with Crippen molar-refractivity contribution < 1.29 is 18.9 Å². The number of benzene rings is 2. The number of ether oxygens (including phenoxy) is 2. The van der Waals surface area contributed by atoms with Crippen LogP contribution in [0.4, 0.5) is 5.82 Å². The first-order chi connectivity index (χ1) is 15.6. The highest BCUT2D eigenvalue weighted by molar-refractivity contribution is 5.98. The van der Waals surface area contributed by atoms with Crippen LogP contribution in [0, 0.1) is 0 Å². The number of hydrogen-bond donors (Lipinski definition) is 2. The molecule has 0 radical (unpaired) electrons. The highest BCUT2D eigenvalue weighted by atomic mass is 16.6. The second-order valence-corrected chi connectivity index (χ2v) is 6.35. The van der Waals surface area contributed by atoms with Crippen molar-refractivity contribution in [2.24, 2.45) is 5.10 Å². The van der Waals surface area contributed by atoms with Crippen molar-refractivity contribution in [1.29, 1.82) is 0 Å². The number of hydrogen-bond acceptors (Lipinski definition) is 10. The SMILES string of the molecule is COc1ccc(/C=N/NC(=O)c2nnn(-c3nonc3N)c2-c2ccccc2)cc1OC. The summed E-state index contributed by atoms with van der Waals surface area (Å²) in [7, 11) is 3.08. The molecule has 32 heavy (non-hydrogen) atoms. The molecular weight excluding hydrogens is 416 g/mol. The maximum Gasteiger partial charge on any atom is 0.294 e. The molecule has 2 aromatic heterocycles. The second-order valence-electron chi connectivity index (χ2n) is 6.35. The molecule has 4 aromatic rings. The monoisotopic (exact) mass is 434 g/mol. The number of carbonyl (C=O) groups is 1. The maximum absolute atomic E-state index is 12.8. The van der Waals surface area contributed by atoms with E-state index in [2.05, 4.69) is 35.8 Å². The van der Waals surface area contributed by atoms with Crippen molar-refractivity contribution in [1.82, 2.24) is 30.7 Å².